The number of aliphatic carboxylic acids is 1. The van der Waals surface area contributed by atoms with Crippen LogP contribution in [0, 0.1) is 17.3 Å². The van der Waals surface area contributed by atoms with Gasteiger partial charge in [-0.25, -0.2) is 0 Å². The number of nitrogens with one attached hydrogen (secondary N) is 1. The predicted octanol–water partition coefficient (Wildman–Crippen LogP) is 2.57. The van der Waals surface area contributed by atoms with Gasteiger partial charge in [0.05, 0.1) is 11.8 Å². The van der Waals surface area contributed by atoms with Crippen LogP contribution in [0.25, 0.3) is 0 Å². The molecule has 4 heteroatoms. The van der Waals surface area contributed by atoms with Gasteiger partial charge in [-0.1, -0.05) is 26.2 Å². The fourth-order valence-corrected chi connectivity index (χ4v) is 3.37. The van der Waals surface area contributed by atoms with Gasteiger partial charge in [0.25, 0.3) is 0 Å². The van der Waals surface area contributed by atoms with Crippen LogP contribution in [-0.4, -0.2) is 23.5 Å². The van der Waals surface area contributed by atoms with E-state index in [1.165, 1.54) is 19.3 Å². The fourth-order valence-electron chi connectivity index (χ4n) is 3.37. The summed E-state index contributed by atoms with van der Waals surface area (Å²) in [5, 5.41) is 12.2. The number of hydrogen-bond donors (Lipinski definition) is 2. The Morgan fingerprint density at radius 3 is 2.37 bits per heavy atom. The third kappa shape index (κ3) is 3.48. The number of carbonyl (C=O) groups excluding carboxylic acids is 1. The summed E-state index contributed by atoms with van der Waals surface area (Å²) in [6, 6.07) is 0. The molecule has 0 aromatic carbocycles. The molecule has 2 N–H and O–H groups in total. The quantitative estimate of drug-likeness (QED) is 0.777. The third-order valence-electron chi connectivity index (χ3n) is 4.79. The molecule has 2 aliphatic carbocycles. The van der Waals surface area contributed by atoms with E-state index in [0.717, 1.165) is 32.2 Å². The Balaban J connectivity index is 1.86. The highest BCUT2D eigenvalue weighted by atomic mass is 16.4. The van der Waals surface area contributed by atoms with Gasteiger partial charge < -0.3 is 10.4 Å². The lowest BCUT2D eigenvalue weighted by atomic mass is 9.78. The SMILES string of the molecule is CCCC1(CNC(=O)[C@@H]2CCCC[C@@H]2C(=O)O)CC1. The van der Waals surface area contributed by atoms with Crippen molar-refractivity contribution in [2.45, 2.75) is 58.3 Å². The summed E-state index contributed by atoms with van der Waals surface area (Å²) in [6.07, 6.45) is 8.00. The molecule has 0 saturated heterocycles. The topological polar surface area (TPSA) is 66.4 Å². The molecule has 0 bridgehead atoms. The van der Waals surface area contributed by atoms with Crippen molar-refractivity contribution in [2.24, 2.45) is 17.3 Å². The van der Waals surface area contributed by atoms with Gasteiger partial charge in [0.1, 0.15) is 0 Å². The molecule has 4 nitrogen and oxygen atoms in total. The first-order valence-electron chi connectivity index (χ1n) is 7.58. The van der Waals surface area contributed by atoms with Gasteiger partial charge in [-0.05, 0) is 37.5 Å². The van der Waals surface area contributed by atoms with Gasteiger partial charge in [0.15, 0.2) is 0 Å². The van der Waals surface area contributed by atoms with Gasteiger partial charge in [0.2, 0.25) is 5.91 Å². The first-order valence-corrected chi connectivity index (χ1v) is 7.58. The molecule has 2 atom stereocenters. The van der Waals surface area contributed by atoms with E-state index in [9.17, 15) is 14.7 Å². The molecule has 1 amide bonds. The largest absolute Gasteiger partial charge is 0.481 e. The van der Waals surface area contributed by atoms with E-state index in [-0.39, 0.29) is 11.8 Å². The Morgan fingerprint density at radius 1 is 1.21 bits per heavy atom. The zero-order valence-corrected chi connectivity index (χ0v) is 11.8. The molecular weight excluding hydrogens is 242 g/mol. The van der Waals surface area contributed by atoms with E-state index < -0.39 is 11.9 Å². The molecule has 2 rings (SSSR count). The number of hydrogen-bond acceptors (Lipinski definition) is 2. The van der Waals surface area contributed by atoms with Crippen LogP contribution in [-0.2, 0) is 9.59 Å². The van der Waals surface area contributed by atoms with Crippen LogP contribution in [0.3, 0.4) is 0 Å². The minimum atomic E-state index is -0.811. The molecule has 2 aliphatic rings. The van der Waals surface area contributed by atoms with Gasteiger partial charge in [-0.2, -0.15) is 0 Å². The summed E-state index contributed by atoms with van der Waals surface area (Å²) in [7, 11) is 0. The van der Waals surface area contributed by atoms with Crippen LogP contribution in [0.15, 0.2) is 0 Å². The zero-order chi connectivity index (χ0) is 13.9. The van der Waals surface area contributed by atoms with Crippen molar-refractivity contribution in [1.29, 1.82) is 0 Å². The monoisotopic (exact) mass is 267 g/mol. The van der Waals surface area contributed by atoms with Crippen LogP contribution < -0.4 is 5.32 Å². The second-order valence-corrected chi connectivity index (χ2v) is 6.30. The molecule has 0 heterocycles. The predicted molar refractivity (Wildman–Crippen MR) is 72.7 cm³/mol. The van der Waals surface area contributed by atoms with Crippen LogP contribution in [0.5, 0.6) is 0 Å². The van der Waals surface area contributed by atoms with Crippen LogP contribution in [0.4, 0.5) is 0 Å². The van der Waals surface area contributed by atoms with E-state index >= 15 is 0 Å². The maximum Gasteiger partial charge on any atom is 0.307 e. The molecular formula is C15H25NO3. The molecule has 108 valence electrons. The second kappa shape index (κ2) is 5.93. The molecule has 0 aromatic rings. The highest BCUT2D eigenvalue weighted by Crippen LogP contribution is 2.49. The number of amides is 1. The van der Waals surface area contributed by atoms with Crippen LogP contribution in [0.2, 0.25) is 0 Å². The van der Waals surface area contributed by atoms with E-state index in [0.29, 0.717) is 11.8 Å². The number of carboxylic acid groups (broad SMARTS) is 1. The Labute approximate surface area is 115 Å². The lowest BCUT2D eigenvalue weighted by molar-refractivity contribution is -0.149. The highest BCUT2D eigenvalue weighted by Gasteiger charge is 2.42. The second-order valence-electron chi connectivity index (χ2n) is 6.30. The standard InChI is InChI=1S/C15H25NO3/c1-2-7-15(8-9-15)10-16-13(17)11-5-3-4-6-12(11)14(18)19/h11-12H,2-10H2,1H3,(H,16,17)(H,18,19)/t11-,12+/m1/s1. The van der Waals surface area contributed by atoms with E-state index in [1.807, 2.05) is 0 Å². The van der Waals surface area contributed by atoms with Crippen molar-refractivity contribution in [3.63, 3.8) is 0 Å². The summed E-state index contributed by atoms with van der Waals surface area (Å²) in [5.41, 5.74) is 0.331. The number of carbonyl (C=O) groups is 2. The van der Waals surface area contributed by atoms with E-state index in [2.05, 4.69) is 12.2 Å². The van der Waals surface area contributed by atoms with Gasteiger partial charge in [-0.15, -0.1) is 0 Å². The molecule has 0 spiro atoms. The molecule has 0 aromatic heterocycles. The molecule has 2 fully saturated rings. The number of rotatable bonds is 6. The summed E-state index contributed by atoms with van der Waals surface area (Å²) >= 11 is 0. The maximum atomic E-state index is 12.2. The normalized spacial score (nSPS) is 28.7. The van der Waals surface area contributed by atoms with Gasteiger partial charge >= 0.3 is 5.97 Å². The number of carboxylic acids is 1. The van der Waals surface area contributed by atoms with Gasteiger partial charge in [0, 0.05) is 6.54 Å². The minimum Gasteiger partial charge on any atom is -0.481 e. The summed E-state index contributed by atoms with van der Waals surface area (Å²) in [6.45, 7) is 2.91. The maximum absolute atomic E-state index is 12.2. The van der Waals surface area contributed by atoms with Crippen molar-refractivity contribution in [3.05, 3.63) is 0 Å². The van der Waals surface area contributed by atoms with Crippen molar-refractivity contribution >= 4 is 11.9 Å². The van der Waals surface area contributed by atoms with Crippen molar-refractivity contribution in [2.75, 3.05) is 6.54 Å². The highest BCUT2D eigenvalue weighted by molar-refractivity contribution is 5.84. The van der Waals surface area contributed by atoms with Crippen molar-refractivity contribution < 1.29 is 14.7 Å². The average Bonchev–Trinajstić information content (AvgIpc) is 3.17. The smallest absolute Gasteiger partial charge is 0.307 e. The lowest BCUT2D eigenvalue weighted by Crippen LogP contribution is -2.41. The summed E-state index contributed by atoms with van der Waals surface area (Å²) in [4.78, 5) is 23.4. The Hall–Kier alpha value is -1.06. The summed E-state index contributed by atoms with van der Waals surface area (Å²) < 4.78 is 0. The van der Waals surface area contributed by atoms with Crippen LogP contribution in [0.1, 0.15) is 58.3 Å². The molecule has 0 unspecified atom stereocenters. The first-order chi connectivity index (χ1) is 9.08. The Kier molecular flexibility index (Phi) is 4.48. The Morgan fingerprint density at radius 2 is 1.84 bits per heavy atom. The lowest BCUT2D eigenvalue weighted by Gasteiger charge is -2.28. The fraction of sp³-hybridized carbons (Fsp3) is 0.867. The molecule has 0 radical (unpaired) electrons. The third-order valence-corrected chi connectivity index (χ3v) is 4.79. The van der Waals surface area contributed by atoms with Crippen LogP contribution >= 0.6 is 0 Å². The zero-order valence-electron chi connectivity index (χ0n) is 11.8. The first kappa shape index (κ1) is 14.4. The average molecular weight is 267 g/mol. The summed E-state index contributed by atoms with van der Waals surface area (Å²) in [5.74, 6) is -1.64. The van der Waals surface area contributed by atoms with Crippen molar-refractivity contribution in [3.8, 4) is 0 Å². The van der Waals surface area contributed by atoms with E-state index in [1.54, 1.807) is 0 Å². The Bertz CT molecular complexity index is 349. The molecule has 0 aliphatic heterocycles. The van der Waals surface area contributed by atoms with Gasteiger partial charge in [-0.3, -0.25) is 9.59 Å². The molecule has 19 heavy (non-hydrogen) atoms. The van der Waals surface area contributed by atoms with E-state index in [4.69, 9.17) is 0 Å². The minimum absolute atomic E-state index is 0.0329. The van der Waals surface area contributed by atoms with Crippen molar-refractivity contribution in [1.82, 2.24) is 5.32 Å². The molecule has 2 saturated carbocycles.